The summed E-state index contributed by atoms with van der Waals surface area (Å²) < 4.78 is 5.39. The Morgan fingerprint density at radius 2 is 2.05 bits per heavy atom. The van der Waals surface area contributed by atoms with Gasteiger partial charge in [-0.1, -0.05) is 6.07 Å². The summed E-state index contributed by atoms with van der Waals surface area (Å²) >= 11 is 0. The van der Waals surface area contributed by atoms with E-state index in [2.05, 4.69) is 4.98 Å². The van der Waals surface area contributed by atoms with Crippen molar-refractivity contribution in [1.82, 2.24) is 4.98 Å². The van der Waals surface area contributed by atoms with E-state index in [-0.39, 0.29) is 22.9 Å². The Kier molecular flexibility index (Phi) is 3.84. The minimum atomic E-state index is -1.18. The number of ether oxygens (including phenoxy) is 1. The van der Waals surface area contributed by atoms with Crippen molar-refractivity contribution < 1.29 is 19.6 Å². The minimum absolute atomic E-state index is 0.0173. The van der Waals surface area contributed by atoms with Crippen LogP contribution in [0, 0.1) is 24.0 Å². The predicted molar refractivity (Wildman–Crippen MR) is 73.8 cm³/mol. The van der Waals surface area contributed by atoms with Crippen LogP contribution in [0.25, 0.3) is 0 Å². The van der Waals surface area contributed by atoms with Crippen LogP contribution in [0.1, 0.15) is 21.5 Å². The van der Waals surface area contributed by atoms with E-state index in [4.69, 9.17) is 9.84 Å². The molecule has 0 amide bonds. The molecule has 0 atom stereocenters. The maximum atomic E-state index is 11.2. The number of hydrogen-bond donors (Lipinski definition) is 1. The number of carboxylic acids is 1. The van der Waals surface area contributed by atoms with Gasteiger partial charge in [-0.2, -0.15) is 0 Å². The van der Waals surface area contributed by atoms with Crippen LogP contribution < -0.4 is 4.74 Å². The molecule has 2 rings (SSSR count). The second-order valence-corrected chi connectivity index (χ2v) is 4.45. The third kappa shape index (κ3) is 2.97. The van der Waals surface area contributed by atoms with Crippen molar-refractivity contribution in [3.8, 4) is 11.6 Å². The molecular weight excluding hydrogens is 276 g/mol. The number of carboxylic acid groups (broad SMARTS) is 1. The highest BCUT2D eigenvalue weighted by atomic mass is 16.6. The van der Waals surface area contributed by atoms with E-state index >= 15 is 0 Å². The third-order valence-electron chi connectivity index (χ3n) is 2.85. The molecule has 2 aromatic rings. The van der Waals surface area contributed by atoms with Gasteiger partial charge in [0.05, 0.1) is 4.92 Å². The average molecular weight is 288 g/mol. The molecule has 0 radical (unpaired) electrons. The van der Waals surface area contributed by atoms with E-state index in [9.17, 15) is 14.9 Å². The lowest BCUT2D eigenvalue weighted by atomic mass is 10.1. The zero-order valence-electron chi connectivity index (χ0n) is 11.4. The summed E-state index contributed by atoms with van der Waals surface area (Å²) in [5.74, 6) is -1.39. The van der Waals surface area contributed by atoms with Crippen molar-refractivity contribution >= 4 is 11.7 Å². The molecule has 0 aliphatic heterocycles. The fourth-order valence-corrected chi connectivity index (χ4v) is 1.82. The maximum absolute atomic E-state index is 11.2. The molecule has 1 heterocycles. The Morgan fingerprint density at radius 1 is 1.33 bits per heavy atom. The highest BCUT2D eigenvalue weighted by molar-refractivity contribution is 5.91. The van der Waals surface area contributed by atoms with Gasteiger partial charge < -0.3 is 9.84 Å². The Morgan fingerprint density at radius 3 is 2.67 bits per heavy atom. The second kappa shape index (κ2) is 5.58. The monoisotopic (exact) mass is 288 g/mol. The summed E-state index contributed by atoms with van der Waals surface area (Å²) in [6, 6.07) is 5.99. The topological polar surface area (TPSA) is 103 Å². The van der Waals surface area contributed by atoms with Crippen LogP contribution in [0.4, 0.5) is 5.69 Å². The Bertz CT molecular complexity index is 727. The first-order valence-electron chi connectivity index (χ1n) is 6.02. The molecular formula is C14H12N2O5. The number of hydrogen-bond acceptors (Lipinski definition) is 5. The molecule has 0 fully saturated rings. The zero-order chi connectivity index (χ0) is 15.6. The van der Waals surface area contributed by atoms with Crippen molar-refractivity contribution in [1.29, 1.82) is 0 Å². The molecule has 0 bridgehead atoms. The van der Waals surface area contributed by atoms with Gasteiger partial charge in [0.25, 0.3) is 5.88 Å². The number of rotatable bonds is 4. The first-order valence-corrected chi connectivity index (χ1v) is 6.02. The number of nitro groups is 1. The smallest absolute Gasteiger partial charge is 0.339 e. The van der Waals surface area contributed by atoms with Gasteiger partial charge in [-0.15, -0.1) is 0 Å². The van der Waals surface area contributed by atoms with E-state index in [1.54, 1.807) is 19.9 Å². The van der Waals surface area contributed by atoms with Crippen LogP contribution in [0.5, 0.6) is 11.6 Å². The number of benzene rings is 1. The number of aromatic nitrogens is 1. The quantitative estimate of drug-likeness (QED) is 0.685. The molecule has 0 saturated heterocycles. The molecule has 0 spiro atoms. The molecule has 0 aliphatic carbocycles. The highest BCUT2D eigenvalue weighted by Gasteiger charge is 2.22. The zero-order valence-corrected chi connectivity index (χ0v) is 11.4. The molecule has 1 N–H and O–H groups in total. The lowest BCUT2D eigenvalue weighted by Gasteiger charge is -2.09. The van der Waals surface area contributed by atoms with Crippen LogP contribution in [-0.4, -0.2) is 21.0 Å². The largest absolute Gasteiger partial charge is 0.478 e. The summed E-state index contributed by atoms with van der Waals surface area (Å²) in [5, 5.41) is 20.2. The first kappa shape index (κ1) is 14.4. The third-order valence-corrected chi connectivity index (χ3v) is 2.85. The van der Waals surface area contributed by atoms with Crippen LogP contribution in [0.15, 0.2) is 30.5 Å². The van der Waals surface area contributed by atoms with E-state index < -0.39 is 10.9 Å². The number of nitrogens with zero attached hydrogens (tertiary/aromatic N) is 2. The normalized spacial score (nSPS) is 10.2. The standard InChI is InChI=1S/C14H12N2O5/c1-8-3-4-10(14(17)18)11(7-8)21-13-12(16(19)20)9(2)5-6-15-13/h3-7H,1-2H3,(H,17,18). The first-order chi connectivity index (χ1) is 9.90. The molecule has 1 aromatic heterocycles. The van der Waals surface area contributed by atoms with Crippen molar-refractivity contribution in [2.24, 2.45) is 0 Å². The maximum Gasteiger partial charge on any atom is 0.339 e. The molecule has 7 nitrogen and oxygen atoms in total. The van der Waals surface area contributed by atoms with Crippen LogP contribution in [-0.2, 0) is 0 Å². The fraction of sp³-hybridized carbons (Fsp3) is 0.143. The van der Waals surface area contributed by atoms with Gasteiger partial charge in [0.15, 0.2) is 0 Å². The number of aryl methyl sites for hydroxylation is 2. The summed E-state index contributed by atoms with van der Waals surface area (Å²) in [7, 11) is 0. The molecule has 7 heteroatoms. The molecule has 0 saturated carbocycles. The molecule has 108 valence electrons. The van der Waals surface area contributed by atoms with Crippen molar-refractivity contribution in [2.45, 2.75) is 13.8 Å². The second-order valence-electron chi connectivity index (χ2n) is 4.45. The van der Waals surface area contributed by atoms with Gasteiger partial charge in [-0.05, 0) is 37.6 Å². The van der Waals surface area contributed by atoms with Gasteiger partial charge in [-0.3, -0.25) is 10.1 Å². The van der Waals surface area contributed by atoms with E-state index in [0.29, 0.717) is 5.56 Å². The van der Waals surface area contributed by atoms with Gasteiger partial charge in [-0.25, -0.2) is 9.78 Å². The van der Waals surface area contributed by atoms with Gasteiger partial charge in [0.1, 0.15) is 11.3 Å². The molecule has 21 heavy (non-hydrogen) atoms. The van der Waals surface area contributed by atoms with Crippen molar-refractivity contribution in [3.05, 3.63) is 57.3 Å². The number of pyridine rings is 1. The summed E-state index contributed by atoms with van der Waals surface area (Å²) in [6.07, 6.45) is 1.37. The van der Waals surface area contributed by atoms with Crippen molar-refractivity contribution in [3.63, 3.8) is 0 Å². The van der Waals surface area contributed by atoms with Gasteiger partial charge in [0.2, 0.25) is 0 Å². The molecule has 1 aromatic carbocycles. The number of carbonyl (C=O) groups is 1. The average Bonchev–Trinajstić information content (AvgIpc) is 2.37. The Hall–Kier alpha value is -2.96. The Labute approximate surface area is 120 Å². The summed E-state index contributed by atoms with van der Waals surface area (Å²) in [6.45, 7) is 3.32. The highest BCUT2D eigenvalue weighted by Crippen LogP contribution is 2.33. The number of aromatic carboxylic acids is 1. The van der Waals surface area contributed by atoms with Crippen LogP contribution in [0.2, 0.25) is 0 Å². The summed E-state index contributed by atoms with van der Waals surface area (Å²) in [5.41, 5.74) is 0.786. The van der Waals surface area contributed by atoms with Crippen molar-refractivity contribution in [2.75, 3.05) is 0 Å². The molecule has 0 unspecified atom stereocenters. The van der Waals surface area contributed by atoms with Gasteiger partial charge >= 0.3 is 11.7 Å². The van der Waals surface area contributed by atoms with E-state index in [0.717, 1.165) is 5.56 Å². The lowest BCUT2D eigenvalue weighted by Crippen LogP contribution is -2.03. The van der Waals surface area contributed by atoms with Gasteiger partial charge in [0, 0.05) is 11.8 Å². The van der Waals surface area contributed by atoms with Crippen LogP contribution >= 0.6 is 0 Å². The SMILES string of the molecule is Cc1ccc(C(=O)O)c(Oc2nccc(C)c2[N+](=O)[O-])c1. The Balaban J connectivity index is 2.53. The molecule has 0 aliphatic rings. The fourth-order valence-electron chi connectivity index (χ4n) is 1.82. The lowest BCUT2D eigenvalue weighted by molar-refractivity contribution is -0.386. The summed E-state index contributed by atoms with van der Waals surface area (Å²) in [4.78, 5) is 25.5. The van der Waals surface area contributed by atoms with E-state index in [1.807, 2.05) is 0 Å². The minimum Gasteiger partial charge on any atom is -0.478 e. The van der Waals surface area contributed by atoms with Crippen LogP contribution in [0.3, 0.4) is 0 Å². The predicted octanol–water partition coefficient (Wildman–Crippen LogP) is 3.10. The van der Waals surface area contributed by atoms with E-state index in [1.165, 1.54) is 24.4 Å².